The molecule has 6 nitrogen and oxygen atoms in total. The van der Waals surface area contributed by atoms with Gasteiger partial charge in [-0.3, -0.25) is 4.79 Å². The summed E-state index contributed by atoms with van der Waals surface area (Å²) in [7, 11) is 1.59. The van der Waals surface area contributed by atoms with Crippen molar-refractivity contribution in [3.8, 4) is 17.2 Å². The molecule has 2 unspecified atom stereocenters. The Hall–Kier alpha value is -2.21. The van der Waals surface area contributed by atoms with Gasteiger partial charge in [-0.15, -0.1) is 0 Å². The Morgan fingerprint density at radius 3 is 2.75 bits per heavy atom. The number of ether oxygens (including phenoxy) is 3. The van der Waals surface area contributed by atoms with Crippen molar-refractivity contribution < 1.29 is 19.0 Å². The van der Waals surface area contributed by atoms with E-state index >= 15 is 0 Å². The van der Waals surface area contributed by atoms with Gasteiger partial charge in [0.1, 0.15) is 13.2 Å². The van der Waals surface area contributed by atoms with E-state index in [9.17, 15) is 4.79 Å². The number of fused-ring (bicyclic) bond motifs is 1. The fourth-order valence-electron chi connectivity index (χ4n) is 4.11. The molecule has 0 saturated carbocycles. The van der Waals surface area contributed by atoms with Crippen LogP contribution in [0.1, 0.15) is 32.3 Å². The number of rotatable bonds is 7. The lowest BCUT2D eigenvalue weighted by molar-refractivity contribution is -0.116. The van der Waals surface area contributed by atoms with Gasteiger partial charge >= 0.3 is 0 Å². The summed E-state index contributed by atoms with van der Waals surface area (Å²) in [6.07, 6.45) is 5.61. The highest BCUT2D eigenvalue weighted by Crippen LogP contribution is 2.40. The predicted octanol–water partition coefficient (Wildman–Crippen LogP) is 2.96. The number of carbonyl (C=O) groups is 1. The molecule has 1 aromatic carbocycles. The molecule has 1 aromatic rings. The fraction of sp³-hybridized carbons (Fsp3) is 0.591. The van der Waals surface area contributed by atoms with E-state index in [2.05, 4.69) is 24.1 Å². The van der Waals surface area contributed by atoms with Crippen LogP contribution in [0.15, 0.2) is 18.2 Å². The molecule has 2 aliphatic heterocycles. The summed E-state index contributed by atoms with van der Waals surface area (Å²) in [6, 6.07) is 3.70. The Kier molecular flexibility index (Phi) is 7.20. The van der Waals surface area contributed by atoms with Crippen molar-refractivity contribution >= 4 is 12.0 Å². The van der Waals surface area contributed by atoms with Crippen LogP contribution in [0.3, 0.4) is 0 Å². The molecule has 2 heterocycles. The second kappa shape index (κ2) is 9.82. The molecule has 1 N–H and O–H groups in total. The standard InChI is InChI=1S/C22H32N2O4/c1-16-11-17(2)15-24(14-16)8-4-7-23-21(25)6-5-18-12-19(26-3)22-20(13-18)27-9-10-28-22/h5-6,12-13,16-17H,4,7-11,14-15H2,1-3H3,(H,23,25)/b6-5+. The molecule has 1 amide bonds. The Morgan fingerprint density at radius 2 is 2.00 bits per heavy atom. The molecule has 0 aliphatic carbocycles. The van der Waals surface area contributed by atoms with E-state index in [1.54, 1.807) is 19.3 Å². The Morgan fingerprint density at radius 1 is 1.25 bits per heavy atom. The van der Waals surface area contributed by atoms with Crippen molar-refractivity contribution in [1.29, 1.82) is 0 Å². The number of hydrogen-bond donors (Lipinski definition) is 1. The molecule has 3 rings (SSSR count). The van der Waals surface area contributed by atoms with Crippen LogP contribution in [-0.2, 0) is 4.79 Å². The summed E-state index contributed by atoms with van der Waals surface area (Å²) in [5.41, 5.74) is 0.840. The molecule has 1 saturated heterocycles. The molecule has 2 atom stereocenters. The van der Waals surface area contributed by atoms with Gasteiger partial charge in [0, 0.05) is 25.7 Å². The van der Waals surface area contributed by atoms with E-state index in [1.807, 2.05) is 12.1 Å². The number of likely N-dealkylation sites (tertiary alicyclic amines) is 1. The largest absolute Gasteiger partial charge is 0.493 e. The first-order valence-electron chi connectivity index (χ1n) is 10.2. The number of amides is 1. The molecular formula is C22H32N2O4. The highest BCUT2D eigenvalue weighted by atomic mass is 16.6. The zero-order valence-electron chi connectivity index (χ0n) is 17.2. The molecule has 1 fully saturated rings. The van der Waals surface area contributed by atoms with Gasteiger partial charge in [0.2, 0.25) is 11.7 Å². The van der Waals surface area contributed by atoms with Gasteiger partial charge in [0.25, 0.3) is 0 Å². The molecule has 28 heavy (non-hydrogen) atoms. The van der Waals surface area contributed by atoms with Crippen LogP contribution in [0.4, 0.5) is 0 Å². The van der Waals surface area contributed by atoms with E-state index in [4.69, 9.17) is 14.2 Å². The average molecular weight is 389 g/mol. The highest BCUT2D eigenvalue weighted by Gasteiger charge is 2.21. The van der Waals surface area contributed by atoms with Gasteiger partial charge in [-0.1, -0.05) is 13.8 Å². The molecule has 154 valence electrons. The Labute approximate surface area is 167 Å². The highest BCUT2D eigenvalue weighted by molar-refractivity contribution is 5.91. The van der Waals surface area contributed by atoms with E-state index in [1.165, 1.54) is 19.5 Å². The van der Waals surface area contributed by atoms with Gasteiger partial charge in [-0.2, -0.15) is 0 Å². The van der Waals surface area contributed by atoms with Gasteiger partial charge in [-0.25, -0.2) is 0 Å². The van der Waals surface area contributed by atoms with Gasteiger partial charge in [0.05, 0.1) is 7.11 Å². The second-order valence-corrected chi connectivity index (χ2v) is 7.93. The lowest BCUT2D eigenvalue weighted by Crippen LogP contribution is -2.40. The molecule has 0 radical (unpaired) electrons. The lowest BCUT2D eigenvalue weighted by Gasteiger charge is -2.34. The minimum atomic E-state index is -0.0887. The summed E-state index contributed by atoms with van der Waals surface area (Å²) in [5, 5.41) is 2.97. The van der Waals surface area contributed by atoms with Crippen molar-refractivity contribution in [1.82, 2.24) is 10.2 Å². The third-order valence-electron chi connectivity index (χ3n) is 5.17. The SMILES string of the molecule is COc1cc(/C=C/C(=O)NCCCN2CC(C)CC(C)C2)cc2c1OCCO2. The monoisotopic (exact) mass is 388 g/mol. The van der Waals surface area contributed by atoms with Gasteiger partial charge in [-0.05, 0) is 55.0 Å². The van der Waals surface area contributed by atoms with E-state index in [0.29, 0.717) is 37.0 Å². The van der Waals surface area contributed by atoms with E-state index in [0.717, 1.165) is 30.4 Å². The third kappa shape index (κ3) is 5.64. The van der Waals surface area contributed by atoms with Crippen LogP contribution in [-0.4, -0.2) is 57.3 Å². The van der Waals surface area contributed by atoms with Crippen molar-refractivity contribution in [2.45, 2.75) is 26.7 Å². The van der Waals surface area contributed by atoms with Crippen molar-refractivity contribution in [3.05, 3.63) is 23.8 Å². The maximum Gasteiger partial charge on any atom is 0.243 e. The van der Waals surface area contributed by atoms with Crippen molar-refractivity contribution in [3.63, 3.8) is 0 Å². The second-order valence-electron chi connectivity index (χ2n) is 7.93. The topological polar surface area (TPSA) is 60.0 Å². The first kappa shape index (κ1) is 20.5. The number of piperidine rings is 1. The lowest BCUT2D eigenvalue weighted by atomic mass is 9.92. The molecule has 0 spiro atoms. The maximum absolute atomic E-state index is 12.1. The van der Waals surface area contributed by atoms with Crippen LogP contribution in [0.2, 0.25) is 0 Å². The number of methoxy groups -OCH3 is 1. The van der Waals surface area contributed by atoms with Crippen molar-refractivity contribution in [2.75, 3.05) is 46.5 Å². The third-order valence-corrected chi connectivity index (χ3v) is 5.17. The molecular weight excluding hydrogens is 356 g/mol. The fourth-order valence-corrected chi connectivity index (χ4v) is 4.11. The van der Waals surface area contributed by atoms with Gasteiger partial charge < -0.3 is 24.4 Å². The van der Waals surface area contributed by atoms with E-state index < -0.39 is 0 Å². The zero-order valence-corrected chi connectivity index (χ0v) is 17.2. The zero-order chi connectivity index (χ0) is 19.9. The molecule has 6 heteroatoms. The Balaban J connectivity index is 1.45. The molecule has 0 aromatic heterocycles. The van der Waals surface area contributed by atoms with Crippen molar-refractivity contribution in [2.24, 2.45) is 11.8 Å². The first-order chi connectivity index (χ1) is 13.5. The summed E-state index contributed by atoms with van der Waals surface area (Å²) >= 11 is 0. The van der Waals surface area contributed by atoms with Gasteiger partial charge in [0.15, 0.2) is 11.5 Å². The summed E-state index contributed by atoms with van der Waals surface area (Å²) in [6.45, 7) is 9.73. The van der Waals surface area contributed by atoms with Crippen LogP contribution in [0.25, 0.3) is 6.08 Å². The summed E-state index contributed by atoms with van der Waals surface area (Å²) in [4.78, 5) is 14.6. The first-order valence-corrected chi connectivity index (χ1v) is 10.2. The quantitative estimate of drug-likeness (QED) is 0.575. The molecule has 2 aliphatic rings. The van der Waals surface area contributed by atoms with Crippen LogP contribution < -0.4 is 19.5 Å². The normalized spacial score (nSPS) is 22.2. The minimum Gasteiger partial charge on any atom is -0.493 e. The number of nitrogens with zero attached hydrogens (tertiary/aromatic N) is 1. The maximum atomic E-state index is 12.1. The summed E-state index contributed by atoms with van der Waals surface area (Å²) in [5.74, 6) is 3.33. The number of carbonyl (C=O) groups excluding carboxylic acids is 1. The predicted molar refractivity (Wildman–Crippen MR) is 110 cm³/mol. The number of hydrogen-bond acceptors (Lipinski definition) is 5. The average Bonchev–Trinajstić information content (AvgIpc) is 2.68. The van der Waals surface area contributed by atoms with E-state index in [-0.39, 0.29) is 5.91 Å². The van der Waals surface area contributed by atoms with Crippen LogP contribution >= 0.6 is 0 Å². The molecule has 0 bridgehead atoms. The summed E-state index contributed by atoms with van der Waals surface area (Å²) < 4.78 is 16.6. The minimum absolute atomic E-state index is 0.0887. The smallest absolute Gasteiger partial charge is 0.243 e. The Bertz CT molecular complexity index is 677. The van der Waals surface area contributed by atoms with Crippen LogP contribution in [0.5, 0.6) is 17.2 Å². The van der Waals surface area contributed by atoms with Crippen LogP contribution in [0, 0.1) is 11.8 Å². The number of nitrogens with one attached hydrogen (secondary N) is 1. The number of benzene rings is 1.